The second kappa shape index (κ2) is 6.70. The first-order valence-corrected chi connectivity index (χ1v) is 9.36. The minimum Gasteiger partial charge on any atom is -0.481 e. The van der Waals surface area contributed by atoms with E-state index in [4.69, 9.17) is 9.72 Å². The van der Waals surface area contributed by atoms with Gasteiger partial charge < -0.3 is 9.64 Å². The number of carbonyl (C=O) groups is 1. The number of aromatic nitrogens is 4. The van der Waals surface area contributed by atoms with E-state index in [9.17, 15) is 4.79 Å². The van der Waals surface area contributed by atoms with Crippen LogP contribution in [-0.4, -0.2) is 51.2 Å². The molecule has 2 aliphatic rings. The van der Waals surface area contributed by atoms with Gasteiger partial charge in [-0.2, -0.15) is 5.10 Å². The van der Waals surface area contributed by atoms with Crippen LogP contribution in [0.4, 0.5) is 0 Å². The van der Waals surface area contributed by atoms with Crippen LogP contribution < -0.4 is 4.74 Å². The number of rotatable bonds is 5. The first-order chi connectivity index (χ1) is 12.6. The van der Waals surface area contributed by atoms with Crippen LogP contribution in [0.3, 0.4) is 0 Å². The third kappa shape index (κ3) is 2.85. The standard InChI is InChI=1S/C19H25N5O2/c1-3-5-15-21-17(23-22-15)14-11-24(12-19(14)8-4-9-19)18(25)13-6-7-16(26-2)20-10-13/h6-7,10,14H,3-5,8-9,11-12H2,1-2H3,(H,21,22,23). The molecule has 1 atom stereocenters. The molecule has 7 heteroatoms. The number of hydrogen-bond donors (Lipinski definition) is 1. The van der Waals surface area contributed by atoms with Gasteiger partial charge in [0, 0.05) is 37.7 Å². The Morgan fingerprint density at radius 3 is 2.88 bits per heavy atom. The Morgan fingerprint density at radius 2 is 2.27 bits per heavy atom. The second-order valence-corrected chi connectivity index (χ2v) is 7.43. The Labute approximate surface area is 153 Å². The zero-order valence-electron chi connectivity index (χ0n) is 15.4. The molecule has 2 fully saturated rings. The van der Waals surface area contributed by atoms with Crippen LogP contribution in [0.1, 0.15) is 60.5 Å². The summed E-state index contributed by atoms with van der Waals surface area (Å²) in [7, 11) is 1.57. The quantitative estimate of drug-likeness (QED) is 0.891. The van der Waals surface area contributed by atoms with Crippen molar-refractivity contribution in [1.82, 2.24) is 25.1 Å². The van der Waals surface area contributed by atoms with Gasteiger partial charge in [0.15, 0.2) is 5.82 Å². The first kappa shape index (κ1) is 17.0. The van der Waals surface area contributed by atoms with Crippen LogP contribution >= 0.6 is 0 Å². The molecule has 1 saturated carbocycles. The average Bonchev–Trinajstić information content (AvgIpc) is 3.25. The van der Waals surface area contributed by atoms with Crippen LogP contribution in [0.15, 0.2) is 18.3 Å². The van der Waals surface area contributed by atoms with Crippen LogP contribution in [-0.2, 0) is 6.42 Å². The molecule has 1 spiro atoms. The molecule has 0 radical (unpaired) electrons. The highest BCUT2D eigenvalue weighted by Gasteiger charge is 2.53. The minimum absolute atomic E-state index is 0.0262. The molecule has 2 aromatic heterocycles. The van der Waals surface area contributed by atoms with Gasteiger partial charge in [-0.25, -0.2) is 9.97 Å². The molecule has 1 saturated heterocycles. The maximum absolute atomic E-state index is 13.0. The number of ether oxygens (including phenoxy) is 1. The number of H-pyrrole nitrogens is 1. The number of likely N-dealkylation sites (tertiary alicyclic amines) is 1. The summed E-state index contributed by atoms with van der Waals surface area (Å²) in [4.78, 5) is 23.8. The highest BCUT2D eigenvalue weighted by atomic mass is 16.5. The number of methoxy groups -OCH3 is 1. The molecule has 0 bridgehead atoms. The van der Waals surface area contributed by atoms with E-state index in [1.165, 1.54) is 6.42 Å². The van der Waals surface area contributed by atoms with Gasteiger partial charge in [-0.15, -0.1) is 0 Å². The second-order valence-electron chi connectivity index (χ2n) is 7.43. The van der Waals surface area contributed by atoms with Crippen molar-refractivity contribution in [3.8, 4) is 5.88 Å². The lowest BCUT2D eigenvalue weighted by molar-refractivity contribution is 0.0723. The number of pyridine rings is 1. The number of aromatic amines is 1. The Hall–Kier alpha value is -2.44. The topological polar surface area (TPSA) is 84.0 Å². The summed E-state index contributed by atoms with van der Waals surface area (Å²) in [6, 6.07) is 3.51. The highest BCUT2D eigenvalue weighted by molar-refractivity contribution is 5.94. The molecule has 1 amide bonds. The largest absolute Gasteiger partial charge is 0.481 e. The number of carbonyl (C=O) groups excluding carboxylic acids is 1. The average molecular weight is 355 g/mol. The molecule has 1 aliphatic heterocycles. The van der Waals surface area contributed by atoms with E-state index in [1.807, 2.05) is 4.90 Å². The maximum atomic E-state index is 13.0. The number of nitrogens with zero attached hydrogens (tertiary/aromatic N) is 4. The summed E-state index contributed by atoms with van der Waals surface area (Å²) in [6.45, 7) is 3.59. The molecular formula is C19H25N5O2. The van der Waals surface area contributed by atoms with Crippen LogP contribution in [0.5, 0.6) is 5.88 Å². The Bertz CT molecular complexity index is 781. The number of nitrogens with one attached hydrogen (secondary N) is 1. The van der Waals surface area contributed by atoms with E-state index in [0.717, 1.165) is 43.9 Å². The van der Waals surface area contributed by atoms with E-state index >= 15 is 0 Å². The van der Waals surface area contributed by atoms with Gasteiger partial charge in [-0.05, 0) is 30.7 Å². The van der Waals surface area contributed by atoms with Crippen molar-refractivity contribution in [3.05, 3.63) is 35.5 Å². The van der Waals surface area contributed by atoms with Crippen molar-refractivity contribution in [2.24, 2.45) is 5.41 Å². The zero-order chi connectivity index (χ0) is 18.1. The molecule has 1 N–H and O–H groups in total. The smallest absolute Gasteiger partial charge is 0.255 e. The molecule has 26 heavy (non-hydrogen) atoms. The van der Waals surface area contributed by atoms with Gasteiger partial charge >= 0.3 is 0 Å². The summed E-state index contributed by atoms with van der Waals surface area (Å²) in [6.07, 6.45) is 7.04. The molecule has 7 nitrogen and oxygen atoms in total. The minimum atomic E-state index is 0.0262. The van der Waals surface area contributed by atoms with E-state index in [0.29, 0.717) is 18.0 Å². The van der Waals surface area contributed by atoms with Crippen molar-refractivity contribution in [2.45, 2.75) is 44.9 Å². The van der Waals surface area contributed by atoms with Gasteiger partial charge in [-0.3, -0.25) is 9.89 Å². The number of aryl methyl sites for hydroxylation is 1. The van der Waals surface area contributed by atoms with E-state index in [2.05, 4.69) is 22.1 Å². The van der Waals surface area contributed by atoms with Gasteiger partial charge in [-0.1, -0.05) is 13.3 Å². The predicted molar refractivity (Wildman–Crippen MR) is 96.1 cm³/mol. The van der Waals surface area contributed by atoms with Crippen molar-refractivity contribution < 1.29 is 9.53 Å². The monoisotopic (exact) mass is 355 g/mol. The molecule has 1 unspecified atom stereocenters. The lowest BCUT2D eigenvalue weighted by Gasteiger charge is -2.41. The Kier molecular flexibility index (Phi) is 4.38. The van der Waals surface area contributed by atoms with E-state index in [1.54, 1.807) is 25.4 Å². The fourth-order valence-corrected chi connectivity index (χ4v) is 4.24. The molecule has 138 valence electrons. The van der Waals surface area contributed by atoms with Crippen LogP contribution in [0.2, 0.25) is 0 Å². The zero-order valence-corrected chi connectivity index (χ0v) is 15.4. The molecule has 1 aliphatic carbocycles. The van der Waals surface area contributed by atoms with Gasteiger partial charge in [0.05, 0.1) is 12.7 Å². The molecule has 4 rings (SSSR count). The maximum Gasteiger partial charge on any atom is 0.255 e. The predicted octanol–water partition coefficient (Wildman–Crippen LogP) is 2.57. The highest BCUT2D eigenvalue weighted by Crippen LogP contribution is 2.55. The van der Waals surface area contributed by atoms with Crippen molar-refractivity contribution in [2.75, 3.05) is 20.2 Å². The van der Waals surface area contributed by atoms with Crippen molar-refractivity contribution >= 4 is 5.91 Å². The van der Waals surface area contributed by atoms with Gasteiger partial charge in [0.25, 0.3) is 5.91 Å². The first-order valence-electron chi connectivity index (χ1n) is 9.36. The fourth-order valence-electron chi connectivity index (χ4n) is 4.24. The SMILES string of the molecule is CCCc1nc(C2CN(C(=O)c3ccc(OC)nc3)CC23CCC3)n[nH]1. The lowest BCUT2D eigenvalue weighted by atomic mass is 9.62. The van der Waals surface area contributed by atoms with Gasteiger partial charge in [0.1, 0.15) is 5.82 Å². The molecule has 0 aromatic carbocycles. The Balaban J connectivity index is 1.54. The molecule has 2 aromatic rings. The van der Waals surface area contributed by atoms with Crippen molar-refractivity contribution in [3.63, 3.8) is 0 Å². The third-order valence-electron chi connectivity index (χ3n) is 5.82. The van der Waals surface area contributed by atoms with Crippen LogP contribution in [0.25, 0.3) is 0 Å². The molecular weight excluding hydrogens is 330 g/mol. The molecule has 3 heterocycles. The summed E-state index contributed by atoms with van der Waals surface area (Å²) in [5.41, 5.74) is 0.740. The Morgan fingerprint density at radius 1 is 1.42 bits per heavy atom. The fraction of sp³-hybridized carbons (Fsp3) is 0.579. The van der Waals surface area contributed by atoms with E-state index < -0.39 is 0 Å². The summed E-state index contributed by atoms with van der Waals surface area (Å²) < 4.78 is 5.08. The normalized spacial score (nSPS) is 21.0. The number of hydrogen-bond acceptors (Lipinski definition) is 5. The van der Waals surface area contributed by atoms with Crippen LogP contribution in [0, 0.1) is 5.41 Å². The van der Waals surface area contributed by atoms with E-state index in [-0.39, 0.29) is 17.2 Å². The number of amides is 1. The third-order valence-corrected chi connectivity index (χ3v) is 5.82. The van der Waals surface area contributed by atoms with Gasteiger partial charge in [0.2, 0.25) is 5.88 Å². The summed E-state index contributed by atoms with van der Waals surface area (Å²) >= 11 is 0. The summed E-state index contributed by atoms with van der Waals surface area (Å²) in [5, 5.41) is 7.55. The lowest BCUT2D eigenvalue weighted by Crippen LogP contribution is -2.38. The summed E-state index contributed by atoms with van der Waals surface area (Å²) in [5.74, 6) is 2.57. The van der Waals surface area contributed by atoms with Crippen molar-refractivity contribution in [1.29, 1.82) is 0 Å².